The fourth-order valence-corrected chi connectivity index (χ4v) is 7.93. The van der Waals surface area contributed by atoms with E-state index in [1.807, 2.05) is 106 Å². The minimum atomic E-state index is -1.40. The third-order valence-electron chi connectivity index (χ3n) is 11.4. The maximum Gasteiger partial charge on any atom is 0.490 e. The number of rotatable bonds is 10. The Labute approximate surface area is 406 Å². The number of nitrogens with zero attached hydrogens (tertiary/aromatic N) is 6. The van der Waals surface area contributed by atoms with Crippen molar-refractivity contribution >= 4 is 63.9 Å². The Hall–Kier alpha value is -6.88. The number of methoxy groups -OCH3 is 2. The number of hydrogen-bond acceptors (Lipinski definition) is 10. The summed E-state index contributed by atoms with van der Waals surface area (Å²) in [5.41, 5.74) is 7.08. The highest BCUT2D eigenvalue weighted by atomic mass is 79.9. The van der Waals surface area contributed by atoms with Crippen molar-refractivity contribution in [2.45, 2.75) is 51.6 Å². The number of urea groups is 2. The van der Waals surface area contributed by atoms with Gasteiger partial charge in [0.25, 0.3) is 0 Å². The third-order valence-corrected chi connectivity index (χ3v) is 12.0. The summed E-state index contributed by atoms with van der Waals surface area (Å²) >= 11 is 3.45. The zero-order valence-electron chi connectivity index (χ0n) is 38.3. The van der Waals surface area contributed by atoms with Crippen LogP contribution in [0.3, 0.4) is 0 Å². The highest BCUT2D eigenvalue weighted by Gasteiger charge is 2.26. The molecule has 4 amide bonds. The minimum Gasteiger partial charge on any atom is -0.465 e. The number of piperidine rings is 2. The summed E-state index contributed by atoms with van der Waals surface area (Å²) in [6, 6.07) is 37.3. The first kappa shape index (κ1) is 50.5. The van der Waals surface area contributed by atoms with Gasteiger partial charge in [-0.05, 0) is 134 Å². The summed E-state index contributed by atoms with van der Waals surface area (Å²) in [4.78, 5) is 65.3. The van der Waals surface area contributed by atoms with E-state index >= 15 is 0 Å². The molecule has 14 nitrogen and oxygen atoms in total. The molecule has 4 aromatic carbocycles. The van der Waals surface area contributed by atoms with Gasteiger partial charge in [-0.2, -0.15) is 0 Å². The fraction of sp³-hybridized carbons (Fsp3) is 0.269. The lowest BCUT2D eigenvalue weighted by molar-refractivity contribution is 0.0592. The monoisotopic (exact) mass is 982 g/mol. The smallest absolute Gasteiger partial charge is 0.465 e. The van der Waals surface area contributed by atoms with E-state index in [1.165, 1.54) is 33.3 Å². The Balaban J connectivity index is 0.000000191. The second-order valence-corrected chi connectivity index (χ2v) is 17.1. The maximum absolute atomic E-state index is 13.4. The molecule has 4 heterocycles. The van der Waals surface area contributed by atoms with Crippen LogP contribution in [0.15, 0.2) is 151 Å². The summed E-state index contributed by atoms with van der Waals surface area (Å²) in [6.07, 6.45) is 13.1. The molecule has 6 aromatic rings. The number of pyridine rings is 2. The number of benzene rings is 4. The largest absolute Gasteiger partial charge is 0.490 e. The molecular formula is C52H56BBrN6O8. The third kappa shape index (κ3) is 14.6. The zero-order chi connectivity index (χ0) is 48.3. The Morgan fingerprint density at radius 1 is 0.559 bits per heavy atom. The molecule has 2 N–H and O–H groups in total. The zero-order valence-corrected chi connectivity index (χ0v) is 39.9. The molecule has 0 bridgehead atoms. The van der Waals surface area contributed by atoms with Gasteiger partial charge in [-0.3, -0.25) is 19.8 Å². The van der Waals surface area contributed by atoms with Crippen LogP contribution in [0.5, 0.6) is 0 Å². The predicted octanol–water partition coefficient (Wildman–Crippen LogP) is 8.76. The van der Waals surface area contributed by atoms with E-state index in [9.17, 15) is 19.2 Å². The quantitative estimate of drug-likeness (QED) is 0.100. The van der Waals surface area contributed by atoms with Crippen LogP contribution in [0.4, 0.5) is 21.0 Å². The van der Waals surface area contributed by atoms with Crippen LogP contribution >= 0.6 is 15.9 Å². The highest BCUT2D eigenvalue weighted by Crippen LogP contribution is 2.27. The van der Waals surface area contributed by atoms with E-state index in [0.29, 0.717) is 29.7 Å². The van der Waals surface area contributed by atoms with E-state index in [0.717, 1.165) is 90.0 Å². The van der Waals surface area contributed by atoms with E-state index in [-0.39, 0.29) is 24.0 Å². The van der Waals surface area contributed by atoms with Crippen molar-refractivity contribution in [3.05, 3.63) is 173 Å². The van der Waals surface area contributed by atoms with Crippen molar-refractivity contribution in [2.75, 3.05) is 50.2 Å². The Morgan fingerprint density at radius 3 is 1.35 bits per heavy atom. The lowest BCUT2D eigenvalue weighted by Gasteiger charge is -2.33. The SMILES string of the molecule is COC(=O)c1ccc(CN(C(=O)N2CCCCC2)c2ccc(-c3cccnc3)cc2)cc1.COC(=O)c1ccc(CN(C(=O)N2CCCCC2)c2ccc(Br)cc2)cc1.OB(O)c1cccnc1. The van der Waals surface area contributed by atoms with Crippen molar-refractivity contribution in [3.8, 4) is 11.1 Å². The Kier molecular flexibility index (Phi) is 19.2. The topological polar surface area (TPSA) is 166 Å². The van der Waals surface area contributed by atoms with Gasteiger partial charge in [-0.15, -0.1) is 0 Å². The number of carbonyl (C=O) groups is 4. The molecule has 2 fully saturated rings. The number of halogens is 1. The fourth-order valence-electron chi connectivity index (χ4n) is 7.66. The molecule has 0 atom stereocenters. The highest BCUT2D eigenvalue weighted by molar-refractivity contribution is 9.10. The average molecular weight is 984 g/mol. The summed E-state index contributed by atoms with van der Waals surface area (Å²) in [7, 11) is 1.33. The molecule has 352 valence electrons. The van der Waals surface area contributed by atoms with Crippen molar-refractivity contribution in [1.29, 1.82) is 0 Å². The number of amides is 4. The number of esters is 2. The van der Waals surface area contributed by atoms with E-state index in [4.69, 9.17) is 19.5 Å². The van der Waals surface area contributed by atoms with Crippen molar-refractivity contribution in [2.24, 2.45) is 0 Å². The van der Waals surface area contributed by atoms with Crippen LogP contribution < -0.4 is 15.3 Å². The number of likely N-dealkylation sites (tertiary alicyclic amines) is 2. The normalized spacial score (nSPS) is 13.1. The van der Waals surface area contributed by atoms with Crippen molar-refractivity contribution in [1.82, 2.24) is 19.8 Å². The standard InChI is InChI=1S/C26H27N3O3.C21H23BrN2O3.C5H6BNO2/c1-32-25(30)22-9-7-20(8-10-22)19-29(26(31)28-16-3-2-4-17-28)24-13-11-21(12-14-24)23-6-5-15-27-18-23;1-27-20(25)17-7-5-16(6-8-17)15-24(19-11-9-18(22)10-12-19)21(26)23-13-3-2-4-14-23;8-6(9)5-2-1-3-7-4-5/h5-15,18H,2-4,16-17,19H2,1H3;5-12H,2-4,13-15H2,1H3;1-4,8-9H. The summed E-state index contributed by atoms with van der Waals surface area (Å²) in [6.45, 7) is 4.02. The van der Waals surface area contributed by atoms with Crippen LogP contribution in [0.25, 0.3) is 11.1 Å². The van der Waals surface area contributed by atoms with Gasteiger partial charge in [-0.25, -0.2) is 19.2 Å². The molecule has 68 heavy (non-hydrogen) atoms. The Morgan fingerprint density at radius 2 is 0.985 bits per heavy atom. The van der Waals surface area contributed by atoms with E-state index in [2.05, 4.69) is 25.9 Å². The molecule has 2 saturated heterocycles. The minimum absolute atomic E-state index is 0.0101. The van der Waals surface area contributed by atoms with Crippen LogP contribution in [-0.2, 0) is 22.6 Å². The van der Waals surface area contributed by atoms with Gasteiger partial charge in [0.05, 0.1) is 38.4 Å². The summed E-state index contributed by atoms with van der Waals surface area (Å²) < 4.78 is 10.5. The van der Waals surface area contributed by atoms with Crippen LogP contribution in [-0.4, -0.2) is 101 Å². The molecule has 0 aliphatic carbocycles. The van der Waals surface area contributed by atoms with E-state index in [1.54, 1.807) is 53.7 Å². The molecule has 0 saturated carbocycles. The molecular weight excluding hydrogens is 927 g/mol. The number of carbonyl (C=O) groups excluding carboxylic acids is 4. The summed E-state index contributed by atoms with van der Waals surface area (Å²) in [5.74, 6) is -0.737. The van der Waals surface area contributed by atoms with Crippen LogP contribution in [0.1, 0.15) is 70.4 Å². The van der Waals surface area contributed by atoms with Gasteiger partial charge < -0.3 is 29.3 Å². The summed E-state index contributed by atoms with van der Waals surface area (Å²) in [5, 5.41) is 17.1. The average Bonchev–Trinajstić information content (AvgIpc) is 3.40. The van der Waals surface area contributed by atoms with Gasteiger partial charge in [0.1, 0.15) is 0 Å². The molecule has 0 unspecified atom stereocenters. The van der Waals surface area contributed by atoms with Gasteiger partial charge in [-0.1, -0.05) is 64.5 Å². The van der Waals surface area contributed by atoms with Gasteiger partial charge in [0, 0.05) is 72.3 Å². The molecule has 0 spiro atoms. The van der Waals surface area contributed by atoms with Crippen molar-refractivity contribution in [3.63, 3.8) is 0 Å². The second kappa shape index (κ2) is 25.9. The molecule has 16 heteroatoms. The molecule has 2 aliphatic heterocycles. The van der Waals surface area contributed by atoms with Crippen LogP contribution in [0.2, 0.25) is 0 Å². The van der Waals surface area contributed by atoms with Gasteiger partial charge >= 0.3 is 31.1 Å². The Bertz CT molecular complexity index is 2510. The van der Waals surface area contributed by atoms with E-state index < -0.39 is 7.12 Å². The van der Waals surface area contributed by atoms with Crippen LogP contribution in [0, 0.1) is 0 Å². The first-order valence-corrected chi connectivity index (χ1v) is 23.3. The lowest BCUT2D eigenvalue weighted by Crippen LogP contribution is -2.45. The van der Waals surface area contributed by atoms with Gasteiger partial charge in [0.2, 0.25) is 0 Å². The lowest BCUT2D eigenvalue weighted by atomic mass is 9.82. The molecule has 0 radical (unpaired) electrons. The number of ether oxygens (including phenoxy) is 2. The molecule has 2 aliphatic rings. The molecule has 2 aromatic heterocycles. The number of aromatic nitrogens is 2. The first-order valence-electron chi connectivity index (χ1n) is 22.5. The first-order chi connectivity index (χ1) is 33.0. The maximum atomic E-state index is 13.4. The second-order valence-electron chi connectivity index (χ2n) is 16.1. The number of anilines is 2. The number of hydrogen-bond donors (Lipinski definition) is 2. The van der Waals surface area contributed by atoms with Crippen molar-refractivity contribution < 1.29 is 38.7 Å². The molecule has 8 rings (SSSR count). The van der Waals surface area contributed by atoms with Gasteiger partial charge in [0.15, 0.2) is 0 Å². The predicted molar refractivity (Wildman–Crippen MR) is 267 cm³/mol.